The molecule has 1 N–H and O–H groups in total. The summed E-state index contributed by atoms with van der Waals surface area (Å²) >= 11 is 5.68. The van der Waals surface area contributed by atoms with Crippen molar-refractivity contribution in [2.45, 2.75) is 6.92 Å². The maximum absolute atomic E-state index is 12.3. The van der Waals surface area contributed by atoms with Crippen molar-refractivity contribution in [3.63, 3.8) is 0 Å². The zero-order chi connectivity index (χ0) is 16.4. The molecule has 0 aliphatic rings. The number of aryl methyl sites for hydroxylation is 1. The van der Waals surface area contributed by atoms with E-state index in [1.54, 1.807) is 10.7 Å². The number of nitrogens with one attached hydrogen (secondary N) is 1. The van der Waals surface area contributed by atoms with E-state index in [-0.39, 0.29) is 10.8 Å². The summed E-state index contributed by atoms with van der Waals surface area (Å²) < 4.78 is 7.29. The average molecular weight is 332 g/mol. The summed E-state index contributed by atoms with van der Waals surface area (Å²) in [5, 5.41) is 8.24. The summed E-state index contributed by atoms with van der Waals surface area (Å²) in [5.41, 5.74) is 1.51. The first-order chi connectivity index (χ1) is 11.1. The highest BCUT2D eigenvalue weighted by Crippen LogP contribution is 2.30. The topological polar surface area (TPSA) is 81.9 Å². The van der Waals surface area contributed by atoms with Crippen LogP contribution < -0.4 is 10.1 Å². The van der Waals surface area contributed by atoms with Crippen molar-refractivity contribution in [2.24, 2.45) is 7.05 Å². The van der Waals surface area contributed by atoms with Crippen LogP contribution in [0.1, 0.15) is 17.4 Å². The maximum atomic E-state index is 12.3. The van der Waals surface area contributed by atoms with Crippen LogP contribution in [0.4, 0.5) is 5.69 Å². The van der Waals surface area contributed by atoms with E-state index in [0.29, 0.717) is 18.0 Å². The Morgan fingerprint density at radius 3 is 2.87 bits per heavy atom. The van der Waals surface area contributed by atoms with Gasteiger partial charge in [0.2, 0.25) is 0 Å². The molecule has 23 heavy (non-hydrogen) atoms. The molecule has 3 rings (SSSR count). The minimum absolute atomic E-state index is 0.170. The van der Waals surface area contributed by atoms with Crippen LogP contribution in [0.2, 0.25) is 5.15 Å². The van der Waals surface area contributed by atoms with E-state index in [1.807, 2.05) is 26.2 Å². The molecule has 0 spiro atoms. The van der Waals surface area contributed by atoms with Gasteiger partial charge in [0, 0.05) is 24.7 Å². The smallest absolute Gasteiger partial charge is 0.275 e. The SMILES string of the molecule is CCOc1cc2nn(C)cc2cc1NC(=O)c1cnc(Cl)cn1. The van der Waals surface area contributed by atoms with Crippen LogP contribution >= 0.6 is 11.6 Å². The first-order valence-corrected chi connectivity index (χ1v) is 7.33. The Morgan fingerprint density at radius 1 is 1.35 bits per heavy atom. The number of anilines is 1. The van der Waals surface area contributed by atoms with Crippen LogP contribution in [-0.4, -0.2) is 32.3 Å². The average Bonchev–Trinajstić information content (AvgIpc) is 2.87. The molecule has 0 saturated heterocycles. The quantitative estimate of drug-likeness (QED) is 0.794. The van der Waals surface area contributed by atoms with Crippen LogP contribution in [0.25, 0.3) is 10.9 Å². The highest BCUT2D eigenvalue weighted by molar-refractivity contribution is 6.29. The second kappa shape index (κ2) is 6.21. The molecule has 2 heterocycles. The normalized spacial score (nSPS) is 10.7. The number of amides is 1. The van der Waals surface area contributed by atoms with Crippen molar-refractivity contribution in [1.29, 1.82) is 0 Å². The van der Waals surface area contributed by atoms with Crippen LogP contribution in [0.15, 0.2) is 30.7 Å². The van der Waals surface area contributed by atoms with E-state index in [0.717, 1.165) is 10.9 Å². The molecule has 0 aliphatic carbocycles. The Labute approximate surface area is 137 Å². The van der Waals surface area contributed by atoms with Gasteiger partial charge in [0.05, 0.1) is 30.2 Å². The Balaban J connectivity index is 1.95. The van der Waals surface area contributed by atoms with Crippen LogP contribution in [0.5, 0.6) is 5.75 Å². The summed E-state index contributed by atoms with van der Waals surface area (Å²) in [4.78, 5) is 20.1. The number of aromatic nitrogens is 4. The molecule has 0 fully saturated rings. The molecule has 1 aromatic carbocycles. The van der Waals surface area contributed by atoms with Gasteiger partial charge < -0.3 is 10.1 Å². The molecule has 118 valence electrons. The van der Waals surface area contributed by atoms with Crippen molar-refractivity contribution in [2.75, 3.05) is 11.9 Å². The van der Waals surface area contributed by atoms with Crippen LogP contribution in [0.3, 0.4) is 0 Å². The molecule has 7 nitrogen and oxygen atoms in total. The van der Waals surface area contributed by atoms with Gasteiger partial charge in [-0.25, -0.2) is 9.97 Å². The lowest BCUT2D eigenvalue weighted by atomic mass is 10.2. The Bertz CT molecular complexity index is 860. The number of nitrogens with zero attached hydrogens (tertiary/aromatic N) is 4. The highest BCUT2D eigenvalue weighted by atomic mass is 35.5. The van der Waals surface area contributed by atoms with E-state index in [4.69, 9.17) is 16.3 Å². The first-order valence-electron chi connectivity index (χ1n) is 6.96. The fourth-order valence-corrected chi connectivity index (χ4v) is 2.26. The Kier molecular flexibility index (Phi) is 4.12. The number of rotatable bonds is 4. The van der Waals surface area contributed by atoms with E-state index >= 15 is 0 Å². The van der Waals surface area contributed by atoms with Gasteiger partial charge in [-0.3, -0.25) is 9.48 Å². The molecule has 0 bridgehead atoms. The molecule has 0 radical (unpaired) electrons. The third kappa shape index (κ3) is 3.24. The number of benzene rings is 1. The number of ether oxygens (including phenoxy) is 1. The number of halogens is 1. The number of fused-ring (bicyclic) bond motifs is 1. The molecule has 0 atom stereocenters. The largest absolute Gasteiger partial charge is 0.492 e. The molecule has 0 saturated carbocycles. The first kappa shape index (κ1) is 15.2. The van der Waals surface area contributed by atoms with Gasteiger partial charge in [-0.2, -0.15) is 5.10 Å². The lowest BCUT2D eigenvalue weighted by Crippen LogP contribution is -2.14. The second-order valence-electron chi connectivity index (χ2n) is 4.82. The van der Waals surface area contributed by atoms with Crippen molar-refractivity contribution in [3.8, 4) is 5.75 Å². The molecular weight excluding hydrogens is 318 g/mol. The third-order valence-electron chi connectivity index (χ3n) is 3.12. The van der Waals surface area contributed by atoms with Gasteiger partial charge >= 0.3 is 0 Å². The lowest BCUT2D eigenvalue weighted by molar-refractivity contribution is 0.102. The van der Waals surface area contributed by atoms with E-state index in [1.165, 1.54) is 12.4 Å². The number of carbonyl (C=O) groups excluding carboxylic acids is 1. The molecule has 1 amide bonds. The molecule has 2 aromatic heterocycles. The number of hydrogen-bond donors (Lipinski definition) is 1. The van der Waals surface area contributed by atoms with Crippen molar-refractivity contribution in [1.82, 2.24) is 19.7 Å². The van der Waals surface area contributed by atoms with Crippen molar-refractivity contribution >= 4 is 34.1 Å². The standard InChI is InChI=1S/C15H14ClN5O2/c1-3-23-13-5-10-9(8-21(2)20-10)4-11(13)19-15(22)12-6-18-14(16)7-17-12/h4-8H,3H2,1-2H3,(H,19,22). The molecule has 8 heteroatoms. The molecule has 3 aromatic rings. The van der Waals surface area contributed by atoms with E-state index < -0.39 is 5.91 Å². The minimum Gasteiger partial charge on any atom is -0.492 e. The van der Waals surface area contributed by atoms with Crippen molar-refractivity contribution in [3.05, 3.63) is 41.6 Å². The molecule has 0 aliphatic heterocycles. The zero-order valence-electron chi connectivity index (χ0n) is 12.6. The number of carbonyl (C=O) groups is 1. The second-order valence-corrected chi connectivity index (χ2v) is 5.21. The fourth-order valence-electron chi connectivity index (χ4n) is 2.16. The van der Waals surface area contributed by atoms with E-state index in [2.05, 4.69) is 20.4 Å². The van der Waals surface area contributed by atoms with Gasteiger partial charge in [-0.1, -0.05) is 11.6 Å². The number of hydrogen-bond acceptors (Lipinski definition) is 5. The Morgan fingerprint density at radius 2 is 2.17 bits per heavy atom. The van der Waals surface area contributed by atoms with Crippen LogP contribution in [0, 0.1) is 0 Å². The van der Waals surface area contributed by atoms with Gasteiger partial charge in [-0.05, 0) is 13.0 Å². The lowest BCUT2D eigenvalue weighted by Gasteiger charge is -2.11. The summed E-state index contributed by atoms with van der Waals surface area (Å²) in [5.74, 6) is 0.160. The molecule has 0 unspecified atom stereocenters. The maximum Gasteiger partial charge on any atom is 0.275 e. The van der Waals surface area contributed by atoms with Crippen LogP contribution in [-0.2, 0) is 7.05 Å². The summed E-state index contributed by atoms with van der Waals surface area (Å²) in [6.45, 7) is 2.35. The summed E-state index contributed by atoms with van der Waals surface area (Å²) in [6, 6.07) is 3.61. The molecular formula is C15H14ClN5O2. The van der Waals surface area contributed by atoms with Gasteiger partial charge in [0.25, 0.3) is 5.91 Å². The van der Waals surface area contributed by atoms with Gasteiger partial charge in [-0.15, -0.1) is 0 Å². The third-order valence-corrected chi connectivity index (χ3v) is 3.32. The summed E-state index contributed by atoms with van der Waals surface area (Å²) in [7, 11) is 1.84. The summed E-state index contributed by atoms with van der Waals surface area (Å²) in [6.07, 6.45) is 4.51. The van der Waals surface area contributed by atoms with Gasteiger partial charge in [0.15, 0.2) is 0 Å². The fraction of sp³-hybridized carbons (Fsp3) is 0.200. The van der Waals surface area contributed by atoms with Crippen molar-refractivity contribution < 1.29 is 9.53 Å². The van der Waals surface area contributed by atoms with Gasteiger partial charge in [0.1, 0.15) is 16.6 Å². The monoisotopic (exact) mass is 331 g/mol. The Hall–Kier alpha value is -2.67. The predicted octanol–water partition coefficient (Wildman–Crippen LogP) is 2.67. The minimum atomic E-state index is -0.390. The predicted molar refractivity (Wildman–Crippen MR) is 86.9 cm³/mol. The zero-order valence-corrected chi connectivity index (χ0v) is 13.3. The van der Waals surface area contributed by atoms with E-state index in [9.17, 15) is 4.79 Å². The highest BCUT2D eigenvalue weighted by Gasteiger charge is 2.14.